The van der Waals surface area contributed by atoms with Gasteiger partial charge >= 0.3 is 11.6 Å². The molecule has 0 radical (unpaired) electrons. The summed E-state index contributed by atoms with van der Waals surface area (Å²) in [5.74, 6) is -0.553. The third kappa shape index (κ3) is 3.10. The van der Waals surface area contributed by atoms with Crippen LogP contribution in [0.4, 0.5) is 0 Å². The smallest absolute Gasteiger partial charge is 0.340 e. The van der Waals surface area contributed by atoms with Gasteiger partial charge in [-0.25, -0.2) is 9.59 Å². The highest BCUT2D eigenvalue weighted by molar-refractivity contribution is 6.07. The molecule has 0 atom stereocenters. The molecule has 30 heavy (non-hydrogen) atoms. The van der Waals surface area contributed by atoms with Gasteiger partial charge in [-0.15, -0.1) is 5.10 Å². The maximum absolute atomic E-state index is 12.8. The van der Waals surface area contributed by atoms with Crippen molar-refractivity contribution >= 4 is 27.7 Å². The molecule has 5 rings (SSSR count). The summed E-state index contributed by atoms with van der Waals surface area (Å²) >= 11 is 0. The molecule has 0 bridgehead atoms. The second-order valence-corrected chi connectivity index (χ2v) is 6.60. The normalized spacial score (nSPS) is 11.1. The SMILES string of the molecule is O=C(OCc1cc(=O)oc2ccc3ccccc3c12)c1ccccc1-n1cnnn1. The third-order valence-electron chi connectivity index (χ3n) is 4.79. The second kappa shape index (κ2) is 7.25. The fourth-order valence-electron chi connectivity index (χ4n) is 3.47. The fourth-order valence-corrected chi connectivity index (χ4v) is 3.47. The minimum atomic E-state index is -0.553. The largest absolute Gasteiger partial charge is 0.457 e. The molecule has 2 aromatic heterocycles. The van der Waals surface area contributed by atoms with E-state index in [1.807, 2.05) is 30.3 Å². The van der Waals surface area contributed by atoms with Gasteiger partial charge in [-0.2, -0.15) is 4.68 Å². The maximum atomic E-state index is 12.8. The molecule has 0 aliphatic heterocycles. The molecule has 8 heteroatoms. The topological polar surface area (TPSA) is 100 Å². The molecule has 0 aliphatic carbocycles. The van der Waals surface area contributed by atoms with Crippen molar-refractivity contribution in [3.05, 3.63) is 94.6 Å². The number of carbonyl (C=O) groups is 1. The molecule has 0 aliphatic rings. The van der Waals surface area contributed by atoms with Gasteiger partial charge in [-0.1, -0.05) is 42.5 Å². The van der Waals surface area contributed by atoms with E-state index in [1.54, 1.807) is 30.3 Å². The molecule has 0 N–H and O–H groups in total. The number of tetrazole rings is 1. The molecule has 2 heterocycles. The molecule has 0 saturated heterocycles. The molecule has 3 aromatic carbocycles. The van der Waals surface area contributed by atoms with Crippen LogP contribution in [0.5, 0.6) is 0 Å². The molecular weight excluding hydrogens is 384 g/mol. The van der Waals surface area contributed by atoms with Gasteiger partial charge in [0.1, 0.15) is 18.5 Å². The Balaban J connectivity index is 1.53. The van der Waals surface area contributed by atoms with Crippen molar-refractivity contribution in [2.24, 2.45) is 0 Å². The summed E-state index contributed by atoms with van der Waals surface area (Å²) in [6, 6.07) is 19.6. The molecular formula is C22H14N4O4. The molecule has 0 fully saturated rings. The van der Waals surface area contributed by atoms with Gasteiger partial charge in [-0.05, 0) is 39.4 Å². The van der Waals surface area contributed by atoms with Crippen molar-refractivity contribution < 1.29 is 13.9 Å². The van der Waals surface area contributed by atoms with E-state index in [0.717, 1.165) is 16.2 Å². The van der Waals surface area contributed by atoms with Crippen LogP contribution in [0.1, 0.15) is 15.9 Å². The van der Waals surface area contributed by atoms with Crippen LogP contribution in [0.15, 0.2) is 82.3 Å². The number of hydrogen-bond acceptors (Lipinski definition) is 7. The fraction of sp³-hybridized carbons (Fsp3) is 0.0455. The number of fused-ring (bicyclic) bond motifs is 3. The highest BCUT2D eigenvalue weighted by Gasteiger charge is 2.16. The highest BCUT2D eigenvalue weighted by atomic mass is 16.5. The number of rotatable bonds is 4. The van der Waals surface area contributed by atoms with Crippen LogP contribution < -0.4 is 5.63 Å². The number of nitrogens with zero attached hydrogens (tertiary/aromatic N) is 4. The molecule has 5 aromatic rings. The first-order valence-electron chi connectivity index (χ1n) is 9.15. The standard InChI is InChI=1S/C22H14N4O4/c27-20-11-15(21-16-6-2-1-5-14(16)9-10-19(21)30-20)12-29-22(28)17-7-3-4-8-18(17)26-13-23-24-25-26/h1-11,13H,12H2. The van der Waals surface area contributed by atoms with E-state index < -0.39 is 11.6 Å². The summed E-state index contributed by atoms with van der Waals surface area (Å²) in [6.07, 6.45) is 1.40. The quantitative estimate of drug-likeness (QED) is 0.260. The summed E-state index contributed by atoms with van der Waals surface area (Å²) in [6.45, 7) is -0.0844. The molecule has 0 unspecified atom stereocenters. The van der Waals surface area contributed by atoms with Crippen molar-refractivity contribution in [3.8, 4) is 5.69 Å². The summed E-state index contributed by atoms with van der Waals surface area (Å²) in [5, 5.41) is 13.7. The zero-order chi connectivity index (χ0) is 20.5. The van der Waals surface area contributed by atoms with E-state index in [-0.39, 0.29) is 6.61 Å². The van der Waals surface area contributed by atoms with E-state index in [0.29, 0.717) is 22.4 Å². The van der Waals surface area contributed by atoms with Crippen molar-refractivity contribution in [3.63, 3.8) is 0 Å². The monoisotopic (exact) mass is 398 g/mol. The van der Waals surface area contributed by atoms with Gasteiger partial charge in [0.15, 0.2) is 0 Å². The highest BCUT2D eigenvalue weighted by Crippen LogP contribution is 2.28. The van der Waals surface area contributed by atoms with Gasteiger partial charge < -0.3 is 9.15 Å². The lowest BCUT2D eigenvalue weighted by Crippen LogP contribution is -2.11. The average Bonchev–Trinajstić information content (AvgIpc) is 3.31. The van der Waals surface area contributed by atoms with Crippen LogP contribution in [0.25, 0.3) is 27.4 Å². The van der Waals surface area contributed by atoms with E-state index in [4.69, 9.17) is 9.15 Å². The van der Waals surface area contributed by atoms with Gasteiger partial charge in [-0.3, -0.25) is 0 Å². The zero-order valence-corrected chi connectivity index (χ0v) is 15.6. The van der Waals surface area contributed by atoms with Crippen LogP contribution in [0.2, 0.25) is 0 Å². The Kier molecular flexibility index (Phi) is 4.29. The van der Waals surface area contributed by atoms with Gasteiger partial charge in [0.25, 0.3) is 0 Å². The Morgan fingerprint density at radius 2 is 1.87 bits per heavy atom. The summed E-state index contributed by atoms with van der Waals surface area (Å²) in [5.41, 5.74) is 1.32. The Hall–Kier alpha value is -4.33. The number of para-hydroxylation sites is 1. The number of benzene rings is 3. The number of hydrogen-bond donors (Lipinski definition) is 0. The number of ether oxygens (including phenoxy) is 1. The third-order valence-corrected chi connectivity index (χ3v) is 4.79. The lowest BCUT2D eigenvalue weighted by molar-refractivity contribution is 0.0473. The number of carbonyl (C=O) groups excluding carboxylic acids is 1. The summed E-state index contributed by atoms with van der Waals surface area (Å²) in [7, 11) is 0. The van der Waals surface area contributed by atoms with E-state index >= 15 is 0 Å². The predicted octanol–water partition coefficient (Wildman–Crippen LogP) is 3.28. The maximum Gasteiger partial charge on any atom is 0.340 e. The first-order chi connectivity index (χ1) is 14.7. The van der Waals surface area contributed by atoms with E-state index in [9.17, 15) is 9.59 Å². The van der Waals surface area contributed by atoms with Crippen molar-refractivity contribution in [2.75, 3.05) is 0 Å². The van der Waals surface area contributed by atoms with Gasteiger partial charge in [0, 0.05) is 17.0 Å². The lowest BCUT2D eigenvalue weighted by atomic mass is 10.0. The molecule has 0 amide bonds. The summed E-state index contributed by atoms with van der Waals surface area (Å²) < 4.78 is 12.3. The first-order valence-corrected chi connectivity index (χ1v) is 9.15. The van der Waals surface area contributed by atoms with Crippen molar-refractivity contribution in [1.29, 1.82) is 0 Å². The van der Waals surface area contributed by atoms with E-state index in [1.165, 1.54) is 17.1 Å². The Morgan fingerprint density at radius 1 is 1.03 bits per heavy atom. The average molecular weight is 398 g/mol. The molecule has 8 nitrogen and oxygen atoms in total. The lowest BCUT2D eigenvalue weighted by Gasteiger charge is -2.11. The van der Waals surface area contributed by atoms with Crippen molar-refractivity contribution in [1.82, 2.24) is 20.2 Å². The van der Waals surface area contributed by atoms with Crippen LogP contribution in [0, 0.1) is 0 Å². The van der Waals surface area contributed by atoms with Crippen LogP contribution in [-0.2, 0) is 11.3 Å². The summed E-state index contributed by atoms with van der Waals surface area (Å²) in [4.78, 5) is 24.8. The molecule has 0 spiro atoms. The zero-order valence-electron chi connectivity index (χ0n) is 15.6. The Labute approximate surface area is 169 Å². The minimum Gasteiger partial charge on any atom is -0.457 e. The predicted molar refractivity (Wildman–Crippen MR) is 108 cm³/mol. The Bertz CT molecular complexity index is 1440. The van der Waals surface area contributed by atoms with Crippen molar-refractivity contribution in [2.45, 2.75) is 6.61 Å². The van der Waals surface area contributed by atoms with Gasteiger partial charge in [0.05, 0.1) is 11.3 Å². The molecule has 146 valence electrons. The number of aromatic nitrogens is 4. The van der Waals surface area contributed by atoms with Crippen LogP contribution >= 0.6 is 0 Å². The minimum absolute atomic E-state index is 0.0844. The van der Waals surface area contributed by atoms with Crippen LogP contribution in [0.3, 0.4) is 0 Å². The second-order valence-electron chi connectivity index (χ2n) is 6.60. The van der Waals surface area contributed by atoms with E-state index in [2.05, 4.69) is 15.5 Å². The first kappa shape index (κ1) is 17.7. The van der Waals surface area contributed by atoms with Crippen LogP contribution in [-0.4, -0.2) is 26.2 Å². The van der Waals surface area contributed by atoms with Gasteiger partial charge in [0.2, 0.25) is 0 Å². The molecule has 0 saturated carbocycles. The Morgan fingerprint density at radius 3 is 2.73 bits per heavy atom. The number of esters is 1.